The highest BCUT2D eigenvalue weighted by Gasteiger charge is 2.00. The van der Waals surface area contributed by atoms with Gasteiger partial charge in [0, 0.05) is 24.6 Å². The lowest BCUT2D eigenvalue weighted by Gasteiger charge is -2.08. The summed E-state index contributed by atoms with van der Waals surface area (Å²) < 4.78 is 5.44. The molecule has 1 aromatic heterocycles. The van der Waals surface area contributed by atoms with Crippen LogP contribution in [0, 0.1) is 11.3 Å². The van der Waals surface area contributed by atoms with Crippen LogP contribution in [0.3, 0.4) is 0 Å². The Labute approximate surface area is 84.3 Å². The maximum atomic E-state index is 8.43. The number of nitriles is 1. The summed E-state index contributed by atoms with van der Waals surface area (Å²) in [4.78, 5) is 4.28. The summed E-state index contributed by atoms with van der Waals surface area (Å²) in [5.41, 5.74) is 0.907. The zero-order valence-corrected chi connectivity index (χ0v) is 8.53. The molecule has 0 unspecified atom stereocenters. The van der Waals surface area contributed by atoms with Gasteiger partial charge in [-0.05, 0) is 19.9 Å². The van der Waals surface area contributed by atoms with Crippen molar-refractivity contribution in [1.29, 1.82) is 5.26 Å². The van der Waals surface area contributed by atoms with Gasteiger partial charge in [-0.15, -0.1) is 0 Å². The lowest BCUT2D eigenvalue weighted by atomic mass is 10.2. The zero-order valence-electron chi connectivity index (χ0n) is 8.53. The third kappa shape index (κ3) is 3.44. The fourth-order valence-electron chi connectivity index (χ4n) is 1.09. The van der Waals surface area contributed by atoms with Crippen molar-refractivity contribution in [3.05, 3.63) is 23.9 Å². The third-order valence-electron chi connectivity index (χ3n) is 1.63. The summed E-state index contributed by atoms with van der Waals surface area (Å²) >= 11 is 0. The van der Waals surface area contributed by atoms with Gasteiger partial charge in [0.2, 0.25) is 5.88 Å². The van der Waals surface area contributed by atoms with Gasteiger partial charge >= 0.3 is 0 Å². The van der Waals surface area contributed by atoms with E-state index in [1.54, 1.807) is 0 Å². The lowest BCUT2D eigenvalue weighted by molar-refractivity contribution is 0.232. The first-order valence-electron chi connectivity index (χ1n) is 4.72. The quantitative estimate of drug-likeness (QED) is 0.732. The predicted molar refractivity (Wildman–Crippen MR) is 53.9 cm³/mol. The maximum absolute atomic E-state index is 8.43. The second-order valence-corrected chi connectivity index (χ2v) is 3.29. The Morgan fingerprint density at radius 2 is 2.29 bits per heavy atom. The van der Waals surface area contributed by atoms with Crippen LogP contribution in [0.15, 0.2) is 18.2 Å². The van der Waals surface area contributed by atoms with E-state index in [0.29, 0.717) is 18.7 Å². The fraction of sp³-hybridized carbons (Fsp3) is 0.455. The molecule has 3 heteroatoms. The average Bonchev–Trinajstić information content (AvgIpc) is 2.14. The van der Waals surface area contributed by atoms with Crippen molar-refractivity contribution < 1.29 is 4.74 Å². The minimum Gasteiger partial charge on any atom is -0.475 e. The number of nitrogens with zero attached hydrogens (tertiary/aromatic N) is 2. The number of aromatic nitrogens is 1. The van der Waals surface area contributed by atoms with Crippen molar-refractivity contribution in [1.82, 2.24) is 4.98 Å². The van der Waals surface area contributed by atoms with Gasteiger partial charge in [0.15, 0.2) is 0 Å². The number of hydrogen-bond acceptors (Lipinski definition) is 3. The summed E-state index contributed by atoms with van der Waals surface area (Å²) in [5.74, 6) is 0.635. The van der Waals surface area contributed by atoms with Gasteiger partial charge in [0.1, 0.15) is 0 Å². The summed E-state index contributed by atoms with van der Waals surface area (Å²) in [6.45, 7) is 3.92. The second-order valence-electron chi connectivity index (χ2n) is 3.29. The Bertz CT molecular complexity index is 328. The van der Waals surface area contributed by atoms with Crippen LogP contribution in [-0.2, 0) is 6.42 Å². The van der Waals surface area contributed by atoms with Crippen LogP contribution in [0.1, 0.15) is 26.0 Å². The van der Waals surface area contributed by atoms with Crippen molar-refractivity contribution >= 4 is 0 Å². The lowest BCUT2D eigenvalue weighted by Crippen LogP contribution is -2.07. The highest BCUT2D eigenvalue weighted by molar-refractivity contribution is 5.16. The van der Waals surface area contributed by atoms with Gasteiger partial charge in [-0.25, -0.2) is 4.98 Å². The summed E-state index contributed by atoms with van der Waals surface area (Å²) in [6, 6.07) is 7.73. The highest BCUT2D eigenvalue weighted by atomic mass is 16.5. The van der Waals surface area contributed by atoms with E-state index in [4.69, 9.17) is 10.00 Å². The molecule has 0 aromatic carbocycles. The van der Waals surface area contributed by atoms with E-state index in [1.165, 1.54) is 0 Å². The SMILES string of the molecule is CC(C)Oc1cccc(CCC#N)n1. The first-order valence-corrected chi connectivity index (χ1v) is 4.72. The summed E-state index contributed by atoms with van der Waals surface area (Å²) in [5, 5.41) is 8.43. The maximum Gasteiger partial charge on any atom is 0.213 e. The van der Waals surface area contributed by atoms with Crippen LogP contribution in [0.5, 0.6) is 5.88 Å². The number of hydrogen-bond donors (Lipinski definition) is 0. The van der Waals surface area contributed by atoms with Crippen LogP contribution < -0.4 is 4.74 Å². The van der Waals surface area contributed by atoms with E-state index in [1.807, 2.05) is 32.0 Å². The first-order chi connectivity index (χ1) is 6.72. The van der Waals surface area contributed by atoms with Crippen molar-refractivity contribution in [3.63, 3.8) is 0 Å². The molecule has 0 radical (unpaired) electrons. The summed E-state index contributed by atoms with van der Waals surface area (Å²) in [7, 11) is 0. The van der Waals surface area contributed by atoms with Crippen LogP contribution in [-0.4, -0.2) is 11.1 Å². The topological polar surface area (TPSA) is 45.9 Å². The molecule has 0 atom stereocenters. The van der Waals surface area contributed by atoms with Gasteiger partial charge in [-0.2, -0.15) is 5.26 Å². The molecule has 0 N–H and O–H groups in total. The fourth-order valence-corrected chi connectivity index (χ4v) is 1.09. The Morgan fingerprint density at radius 1 is 1.50 bits per heavy atom. The van der Waals surface area contributed by atoms with Crippen LogP contribution in [0.2, 0.25) is 0 Å². The smallest absolute Gasteiger partial charge is 0.213 e. The molecule has 0 saturated carbocycles. The van der Waals surface area contributed by atoms with E-state index in [9.17, 15) is 0 Å². The first kappa shape index (κ1) is 10.5. The Kier molecular flexibility index (Phi) is 3.93. The summed E-state index contributed by atoms with van der Waals surface area (Å²) in [6.07, 6.45) is 1.32. The molecule has 0 fully saturated rings. The zero-order chi connectivity index (χ0) is 10.4. The molecule has 3 nitrogen and oxygen atoms in total. The van der Waals surface area contributed by atoms with Gasteiger partial charge in [0.25, 0.3) is 0 Å². The third-order valence-corrected chi connectivity index (χ3v) is 1.63. The number of rotatable bonds is 4. The molecule has 0 aliphatic heterocycles. The number of pyridine rings is 1. The molecule has 0 bridgehead atoms. The molecular weight excluding hydrogens is 176 g/mol. The minimum absolute atomic E-state index is 0.133. The van der Waals surface area contributed by atoms with E-state index < -0.39 is 0 Å². The predicted octanol–water partition coefficient (Wildman–Crippen LogP) is 2.32. The highest BCUT2D eigenvalue weighted by Crippen LogP contribution is 2.10. The van der Waals surface area contributed by atoms with Crippen LogP contribution in [0.4, 0.5) is 0 Å². The van der Waals surface area contributed by atoms with E-state index >= 15 is 0 Å². The van der Waals surface area contributed by atoms with E-state index in [-0.39, 0.29) is 6.10 Å². The Hall–Kier alpha value is -1.56. The van der Waals surface area contributed by atoms with Crippen LogP contribution >= 0.6 is 0 Å². The molecule has 0 aliphatic carbocycles. The number of ether oxygens (including phenoxy) is 1. The van der Waals surface area contributed by atoms with E-state index in [0.717, 1.165) is 5.69 Å². The molecule has 1 rings (SSSR count). The molecule has 0 aliphatic rings. The molecule has 0 spiro atoms. The molecule has 0 amide bonds. The molecule has 1 heterocycles. The van der Waals surface area contributed by atoms with Crippen molar-refractivity contribution in [2.75, 3.05) is 0 Å². The monoisotopic (exact) mass is 190 g/mol. The normalized spacial score (nSPS) is 9.86. The van der Waals surface area contributed by atoms with Crippen LogP contribution in [0.25, 0.3) is 0 Å². The Morgan fingerprint density at radius 3 is 2.93 bits per heavy atom. The second kappa shape index (κ2) is 5.23. The van der Waals surface area contributed by atoms with E-state index in [2.05, 4.69) is 11.1 Å². The standard InChI is InChI=1S/C11H14N2O/c1-9(2)14-11-7-3-5-10(13-11)6-4-8-12/h3,5,7,9H,4,6H2,1-2H3. The van der Waals surface area contributed by atoms with Crippen molar-refractivity contribution in [2.24, 2.45) is 0 Å². The van der Waals surface area contributed by atoms with Gasteiger partial charge in [0.05, 0.1) is 12.2 Å². The minimum atomic E-state index is 0.133. The molecule has 14 heavy (non-hydrogen) atoms. The molecule has 0 saturated heterocycles. The molecule has 1 aromatic rings. The van der Waals surface area contributed by atoms with Gasteiger partial charge < -0.3 is 4.74 Å². The van der Waals surface area contributed by atoms with Crippen molar-refractivity contribution in [3.8, 4) is 11.9 Å². The Balaban J connectivity index is 2.65. The van der Waals surface area contributed by atoms with Gasteiger partial charge in [-0.1, -0.05) is 6.07 Å². The number of aryl methyl sites for hydroxylation is 1. The molecular formula is C11H14N2O. The molecule has 74 valence electrons. The average molecular weight is 190 g/mol. The largest absolute Gasteiger partial charge is 0.475 e. The van der Waals surface area contributed by atoms with Gasteiger partial charge in [-0.3, -0.25) is 0 Å². The van der Waals surface area contributed by atoms with Crippen molar-refractivity contribution in [2.45, 2.75) is 32.8 Å².